The lowest BCUT2D eigenvalue weighted by Gasteiger charge is -2.18. The Bertz CT molecular complexity index is 1730. The topological polar surface area (TPSA) is 48.4 Å². The van der Waals surface area contributed by atoms with E-state index in [1.807, 2.05) is 79.7 Å². The van der Waals surface area contributed by atoms with E-state index in [4.69, 9.17) is 9.47 Å². The summed E-state index contributed by atoms with van der Waals surface area (Å²) in [6.45, 7) is 2.34. The molecule has 0 fully saturated rings. The minimum atomic E-state index is -4.54. The summed E-state index contributed by atoms with van der Waals surface area (Å²) in [7, 11) is 1.37. The number of fused-ring (bicyclic) bond motifs is 1. The van der Waals surface area contributed by atoms with Crippen molar-refractivity contribution < 1.29 is 27.4 Å². The zero-order valence-corrected chi connectivity index (χ0v) is 23.4. The molecule has 7 heteroatoms. The van der Waals surface area contributed by atoms with Crippen molar-refractivity contribution in [2.24, 2.45) is 0 Å². The van der Waals surface area contributed by atoms with Crippen LogP contribution in [0.15, 0.2) is 97.2 Å². The SMILES string of the molecule is CCc1ccccc1-c1cnc2c(C(F)(F)F)cccc2c1-c1cccc(OCc2cccc(CCC(=O)OC)c2)c1. The van der Waals surface area contributed by atoms with Gasteiger partial charge in [-0.1, -0.05) is 79.7 Å². The van der Waals surface area contributed by atoms with Crippen molar-refractivity contribution in [2.75, 3.05) is 7.11 Å². The van der Waals surface area contributed by atoms with E-state index in [0.717, 1.165) is 45.9 Å². The molecule has 0 aliphatic heterocycles. The number of aryl methyl sites for hydroxylation is 2. The highest BCUT2D eigenvalue weighted by Gasteiger charge is 2.34. The van der Waals surface area contributed by atoms with E-state index in [2.05, 4.69) is 4.98 Å². The Balaban J connectivity index is 1.55. The maximum atomic E-state index is 14.0. The molecule has 0 saturated heterocycles. The molecule has 1 aromatic heterocycles. The number of benzene rings is 4. The van der Waals surface area contributed by atoms with Gasteiger partial charge in [0.2, 0.25) is 0 Å². The summed E-state index contributed by atoms with van der Waals surface area (Å²) in [4.78, 5) is 15.9. The standard InChI is InChI=1S/C35H30F3NO3/c1-3-25-11-4-5-14-28(25)30-21-39-34-29(15-8-16-31(34)35(36,37)38)33(30)26-12-7-13-27(20-26)42-22-24-10-6-9-23(19-24)17-18-32(40)41-2/h4-16,19-21H,3,17-18,22H2,1-2H3. The average Bonchev–Trinajstić information content (AvgIpc) is 3.01. The highest BCUT2D eigenvalue weighted by atomic mass is 19.4. The number of halogens is 3. The van der Waals surface area contributed by atoms with Crippen LogP contribution in [-0.2, 0) is 35.2 Å². The van der Waals surface area contributed by atoms with Crippen LogP contribution in [0.4, 0.5) is 13.2 Å². The first-order valence-corrected chi connectivity index (χ1v) is 13.7. The van der Waals surface area contributed by atoms with E-state index >= 15 is 0 Å². The Morgan fingerprint density at radius 3 is 2.40 bits per heavy atom. The van der Waals surface area contributed by atoms with Gasteiger partial charge in [0.25, 0.3) is 0 Å². The molecule has 0 aliphatic carbocycles. The molecule has 214 valence electrons. The van der Waals surface area contributed by atoms with E-state index in [9.17, 15) is 18.0 Å². The van der Waals surface area contributed by atoms with Crippen LogP contribution in [-0.4, -0.2) is 18.1 Å². The number of pyridine rings is 1. The van der Waals surface area contributed by atoms with Gasteiger partial charge in [0.05, 0.1) is 18.2 Å². The van der Waals surface area contributed by atoms with E-state index in [1.54, 1.807) is 12.3 Å². The predicted molar refractivity (Wildman–Crippen MR) is 158 cm³/mol. The van der Waals surface area contributed by atoms with Crippen LogP contribution in [0.5, 0.6) is 5.75 Å². The van der Waals surface area contributed by atoms with Gasteiger partial charge in [-0.05, 0) is 58.9 Å². The number of alkyl halides is 3. The molecule has 0 radical (unpaired) electrons. The number of rotatable bonds is 9. The van der Waals surface area contributed by atoms with Crippen LogP contribution in [0.25, 0.3) is 33.2 Å². The van der Waals surface area contributed by atoms with Gasteiger partial charge in [0, 0.05) is 29.1 Å². The number of aromatic nitrogens is 1. The molecule has 0 aliphatic rings. The van der Waals surface area contributed by atoms with Crippen LogP contribution >= 0.6 is 0 Å². The van der Waals surface area contributed by atoms with Gasteiger partial charge in [-0.15, -0.1) is 0 Å². The molecule has 0 atom stereocenters. The van der Waals surface area contributed by atoms with Gasteiger partial charge in [-0.25, -0.2) is 0 Å². The smallest absolute Gasteiger partial charge is 0.418 e. The third-order valence-corrected chi connectivity index (χ3v) is 7.26. The third-order valence-electron chi connectivity index (χ3n) is 7.26. The van der Waals surface area contributed by atoms with Gasteiger partial charge in [0.1, 0.15) is 12.4 Å². The Morgan fingerprint density at radius 1 is 0.857 bits per heavy atom. The quantitative estimate of drug-likeness (QED) is 0.166. The van der Waals surface area contributed by atoms with E-state index < -0.39 is 11.7 Å². The van der Waals surface area contributed by atoms with Crippen LogP contribution in [0.2, 0.25) is 0 Å². The number of carbonyl (C=O) groups excluding carboxylic acids is 1. The molecular formula is C35H30F3NO3. The van der Waals surface area contributed by atoms with Gasteiger partial charge in [-0.2, -0.15) is 13.2 Å². The lowest BCUT2D eigenvalue weighted by Crippen LogP contribution is -2.07. The number of esters is 1. The molecule has 0 amide bonds. The molecule has 0 bridgehead atoms. The zero-order valence-electron chi connectivity index (χ0n) is 23.4. The van der Waals surface area contributed by atoms with Crippen molar-refractivity contribution in [1.29, 1.82) is 0 Å². The summed E-state index contributed by atoms with van der Waals surface area (Å²) in [6, 6.07) is 27.3. The van der Waals surface area contributed by atoms with E-state index in [0.29, 0.717) is 29.5 Å². The molecule has 5 rings (SSSR count). The minimum absolute atomic E-state index is 0.0900. The molecule has 5 aromatic rings. The van der Waals surface area contributed by atoms with Crippen molar-refractivity contribution in [3.05, 3.63) is 119 Å². The third kappa shape index (κ3) is 6.30. The Hall–Kier alpha value is -4.65. The lowest BCUT2D eigenvalue weighted by atomic mass is 9.89. The fourth-order valence-electron chi connectivity index (χ4n) is 5.19. The molecule has 42 heavy (non-hydrogen) atoms. The molecule has 4 aromatic carbocycles. The molecule has 0 unspecified atom stereocenters. The maximum absolute atomic E-state index is 14.0. The summed E-state index contributed by atoms with van der Waals surface area (Å²) in [5.41, 5.74) is 5.24. The minimum Gasteiger partial charge on any atom is -0.489 e. The first-order valence-electron chi connectivity index (χ1n) is 13.7. The Morgan fingerprint density at radius 2 is 1.62 bits per heavy atom. The van der Waals surface area contributed by atoms with Gasteiger partial charge in [0.15, 0.2) is 0 Å². The highest BCUT2D eigenvalue weighted by Crippen LogP contribution is 2.42. The lowest BCUT2D eigenvalue weighted by molar-refractivity contribution is -0.140. The Kier molecular flexibility index (Phi) is 8.57. The van der Waals surface area contributed by atoms with Gasteiger partial charge < -0.3 is 9.47 Å². The number of hydrogen-bond acceptors (Lipinski definition) is 4. The van der Waals surface area contributed by atoms with E-state index in [-0.39, 0.29) is 18.1 Å². The van der Waals surface area contributed by atoms with Crippen LogP contribution in [0, 0.1) is 0 Å². The molecule has 0 saturated carbocycles. The number of para-hydroxylation sites is 1. The molecule has 1 heterocycles. The second-order valence-electron chi connectivity index (χ2n) is 9.97. The number of ether oxygens (including phenoxy) is 2. The number of carbonyl (C=O) groups is 1. The summed E-state index contributed by atoms with van der Waals surface area (Å²) in [5.74, 6) is 0.319. The van der Waals surface area contributed by atoms with Crippen molar-refractivity contribution in [3.8, 4) is 28.0 Å². The number of hydrogen-bond donors (Lipinski definition) is 0. The van der Waals surface area contributed by atoms with Gasteiger partial charge >= 0.3 is 12.1 Å². The van der Waals surface area contributed by atoms with Crippen molar-refractivity contribution in [2.45, 2.75) is 39.0 Å². The average molecular weight is 570 g/mol. The normalized spacial score (nSPS) is 11.5. The zero-order chi connectivity index (χ0) is 29.7. The molecule has 0 N–H and O–H groups in total. The molecule has 4 nitrogen and oxygen atoms in total. The van der Waals surface area contributed by atoms with Crippen LogP contribution in [0.1, 0.15) is 35.6 Å². The van der Waals surface area contributed by atoms with Crippen molar-refractivity contribution >= 4 is 16.9 Å². The van der Waals surface area contributed by atoms with E-state index in [1.165, 1.54) is 13.2 Å². The second kappa shape index (κ2) is 12.5. The summed E-state index contributed by atoms with van der Waals surface area (Å²) in [5, 5.41) is 0.420. The van der Waals surface area contributed by atoms with Crippen molar-refractivity contribution in [3.63, 3.8) is 0 Å². The first kappa shape index (κ1) is 28.9. The highest BCUT2D eigenvalue weighted by molar-refractivity contribution is 6.03. The summed E-state index contributed by atoms with van der Waals surface area (Å²) in [6.07, 6.45) is -1.37. The molecular weight excluding hydrogens is 539 g/mol. The molecule has 0 spiro atoms. The fourth-order valence-corrected chi connectivity index (χ4v) is 5.19. The van der Waals surface area contributed by atoms with Crippen molar-refractivity contribution in [1.82, 2.24) is 4.98 Å². The van der Waals surface area contributed by atoms with Crippen LogP contribution < -0.4 is 4.74 Å². The van der Waals surface area contributed by atoms with Gasteiger partial charge in [-0.3, -0.25) is 9.78 Å². The number of nitrogens with zero attached hydrogens (tertiary/aromatic N) is 1. The monoisotopic (exact) mass is 569 g/mol. The Labute approximate surface area is 242 Å². The second-order valence-corrected chi connectivity index (χ2v) is 9.97. The van der Waals surface area contributed by atoms with Crippen LogP contribution in [0.3, 0.4) is 0 Å². The first-order chi connectivity index (χ1) is 20.3. The summed E-state index contributed by atoms with van der Waals surface area (Å²) >= 11 is 0. The summed E-state index contributed by atoms with van der Waals surface area (Å²) < 4.78 is 52.8. The number of methoxy groups -OCH3 is 1. The largest absolute Gasteiger partial charge is 0.489 e. The maximum Gasteiger partial charge on any atom is 0.418 e. The predicted octanol–water partition coefficient (Wildman–Crippen LogP) is 8.83. The fraction of sp³-hybridized carbons (Fsp3) is 0.200.